The number of hydrogen-bond acceptors (Lipinski definition) is 2. The monoisotopic (exact) mass is 289 g/mol. The van der Waals surface area contributed by atoms with Crippen molar-refractivity contribution < 1.29 is 4.39 Å². The van der Waals surface area contributed by atoms with E-state index in [4.69, 9.17) is 5.73 Å². The van der Waals surface area contributed by atoms with E-state index in [-0.39, 0.29) is 17.1 Å². The second kappa shape index (κ2) is 6.91. The quantitative estimate of drug-likeness (QED) is 0.879. The maximum Gasteiger partial charge on any atom is 0.123 e. The molecule has 1 nitrogen and oxygen atoms in total. The van der Waals surface area contributed by atoms with E-state index in [1.807, 2.05) is 11.8 Å². The van der Waals surface area contributed by atoms with Crippen molar-refractivity contribution in [2.75, 3.05) is 0 Å². The lowest BCUT2D eigenvalue weighted by Crippen LogP contribution is -2.21. The highest BCUT2D eigenvalue weighted by Crippen LogP contribution is 2.28. The summed E-state index contributed by atoms with van der Waals surface area (Å²) in [5.41, 5.74) is 9.88. The molecule has 0 aliphatic carbocycles. The maximum absolute atomic E-state index is 12.9. The van der Waals surface area contributed by atoms with E-state index < -0.39 is 0 Å². The van der Waals surface area contributed by atoms with Crippen LogP contribution in [-0.2, 0) is 5.75 Å². The first-order chi connectivity index (χ1) is 9.58. The van der Waals surface area contributed by atoms with Gasteiger partial charge in [-0.3, -0.25) is 0 Å². The Kier molecular flexibility index (Phi) is 5.21. The van der Waals surface area contributed by atoms with Crippen molar-refractivity contribution in [1.82, 2.24) is 0 Å². The van der Waals surface area contributed by atoms with Crippen molar-refractivity contribution >= 4 is 11.8 Å². The molecule has 3 heteroatoms. The van der Waals surface area contributed by atoms with Gasteiger partial charge in [-0.2, -0.15) is 11.8 Å². The molecule has 2 rings (SSSR count). The van der Waals surface area contributed by atoms with Crippen molar-refractivity contribution in [3.05, 3.63) is 71.0 Å². The van der Waals surface area contributed by atoms with Crippen LogP contribution in [0.25, 0.3) is 0 Å². The summed E-state index contributed by atoms with van der Waals surface area (Å²) in [7, 11) is 0. The minimum atomic E-state index is -0.221. The minimum absolute atomic E-state index is 0.0791. The van der Waals surface area contributed by atoms with Crippen LogP contribution in [0.2, 0.25) is 0 Å². The topological polar surface area (TPSA) is 26.0 Å². The van der Waals surface area contributed by atoms with Gasteiger partial charge < -0.3 is 5.73 Å². The van der Waals surface area contributed by atoms with Crippen molar-refractivity contribution in [3.63, 3.8) is 0 Å². The van der Waals surface area contributed by atoms with Crippen LogP contribution >= 0.6 is 11.8 Å². The van der Waals surface area contributed by atoms with E-state index in [1.54, 1.807) is 12.1 Å². The predicted molar refractivity (Wildman–Crippen MR) is 85.3 cm³/mol. The summed E-state index contributed by atoms with van der Waals surface area (Å²) in [4.78, 5) is 0. The van der Waals surface area contributed by atoms with Crippen LogP contribution in [0, 0.1) is 12.7 Å². The molecule has 106 valence electrons. The Labute approximate surface area is 124 Å². The van der Waals surface area contributed by atoms with Gasteiger partial charge >= 0.3 is 0 Å². The number of thioether (sulfide) groups is 1. The lowest BCUT2D eigenvalue weighted by atomic mass is 10.1. The standard InChI is InChI=1S/C17H20FNS/c1-12-5-3-4-6-15(12)11-20-13(2)17(19)14-7-9-16(18)10-8-14/h3-10,13,17H,11,19H2,1-2H3. The molecule has 2 unspecified atom stereocenters. The van der Waals surface area contributed by atoms with Gasteiger partial charge in [-0.15, -0.1) is 0 Å². The molecule has 0 spiro atoms. The number of hydrogen-bond donors (Lipinski definition) is 1. The number of aryl methyl sites for hydroxylation is 1. The molecular formula is C17H20FNS. The van der Waals surface area contributed by atoms with Crippen LogP contribution in [0.5, 0.6) is 0 Å². The van der Waals surface area contributed by atoms with Gasteiger partial charge in [0.1, 0.15) is 5.82 Å². The molecule has 0 aliphatic rings. The Hall–Kier alpha value is -1.32. The maximum atomic E-state index is 12.9. The summed E-state index contributed by atoms with van der Waals surface area (Å²) >= 11 is 1.83. The molecule has 0 fully saturated rings. The van der Waals surface area contributed by atoms with Gasteiger partial charge in [0.15, 0.2) is 0 Å². The van der Waals surface area contributed by atoms with Gasteiger partial charge in [0.05, 0.1) is 0 Å². The predicted octanol–water partition coefficient (Wildman–Crippen LogP) is 4.46. The zero-order chi connectivity index (χ0) is 14.5. The zero-order valence-corrected chi connectivity index (χ0v) is 12.7. The molecule has 0 amide bonds. The molecule has 0 saturated carbocycles. The second-order valence-corrected chi connectivity index (χ2v) is 6.39. The van der Waals surface area contributed by atoms with E-state index in [0.717, 1.165) is 11.3 Å². The Bertz CT molecular complexity index is 553. The summed E-state index contributed by atoms with van der Waals surface area (Å²) in [6.45, 7) is 4.25. The molecule has 2 aromatic carbocycles. The number of rotatable bonds is 5. The van der Waals surface area contributed by atoms with E-state index in [0.29, 0.717) is 0 Å². The molecule has 0 radical (unpaired) electrons. The third-order valence-electron chi connectivity index (χ3n) is 3.52. The van der Waals surface area contributed by atoms with Crippen LogP contribution in [0.4, 0.5) is 4.39 Å². The molecule has 0 bridgehead atoms. The fourth-order valence-electron chi connectivity index (χ4n) is 2.05. The smallest absolute Gasteiger partial charge is 0.123 e. The summed E-state index contributed by atoms with van der Waals surface area (Å²) in [6.07, 6.45) is 0. The third-order valence-corrected chi connectivity index (χ3v) is 4.82. The molecule has 20 heavy (non-hydrogen) atoms. The van der Waals surface area contributed by atoms with Crippen molar-refractivity contribution in [1.29, 1.82) is 0 Å². The fraction of sp³-hybridized carbons (Fsp3) is 0.294. The highest BCUT2D eigenvalue weighted by molar-refractivity contribution is 7.99. The zero-order valence-electron chi connectivity index (χ0n) is 11.8. The average Bonchev–Trinajstić information content (AvgIpc) is 2.46. The SMILES string of the molecule is Cc1ccccc1CSC(C)C(N)c1ccc(F)cc1. The number of halogens is 1. The summed E-state index contributed by atoms with van der Waals surface area (Å²) in [5, 5.41) is 0.278. The third kappa shape index (κ3) is 3.84. The molecule has 2 N–H and O–H groups in total. The Balaban J connectivity index is 1.96. The van der Waals surface area contributed by atoms with Crippen molar-refractivity contribution in [3.8, 4) is 0 Å². The first kappa shape index (κ1) is 15.1. The average molecular weight is 289 g/mol. The Morgan fingerprint density at radius 2 is 1.75 bits per heavy atom. The van der Waals surface area contributed by atoms with Gasteiger partial charge in [0, 0.05) is 17.0 Å². The van der Waals surface area contributed by atoms with E-state index in [9.17, 15) is 4.39 Å². The van der Waals surface area contributed by atoms with Crippen LogP contribution in [0.15, 0.2) is 48.5 Å². The van der Waals surface area contributed by atoms with E-state index >= 15 is 0 Å². The first-order valence-electron chi connectivity index (χ1n) is 6.75. The lowest BCUT2D eigenvalue weighted by molar-refractivity contribution is 0.624. The molecule has 0 heterocycles. The first-order valence-corrected chi connectivity index (χ1v) is 7.80. The summed E-state index contributed by atoms with van der Waals surface area (Å²) < 4.78 is 12.9. The Morgan fingerprint density at radius 3 is 2.40 bits per heavy atom. The fourth-order valence-corrected chi connectivity index (χ4v) is 3.18. The van der Waals surface area contributed by atoms with Gasteiger partial charge in [0.2, 0.25) is 0 Å². The summed E-state index contributed by atoms with van der Waals surface area (Å²) in [5.74, 6) is 0.726. The van der Waals surface area contributed by atoms with Crippen LogP contribution in [-0.4, -0.2) is 5.25 Å². The van der Waals surface area contributed by atoms with Gasteiger partial charge in [0.25, 0.3) is 0 Å². The van der Waals surface area contributed by atoms with Crippen molar-refractivity contribution in [2.24, 2.45) is 5.73 Å². The van der Waals surface area contributed by atoms with Gasteiger partial charge in [-0.25, -0.2) is 4.39 Å². The van der Waals surface area contributed by atoms with Gasteiger partial charge in [-0.05, 0) is 35.7 Å². The highest BCUT2D eigenvalue weighted by Gasteiger charge is 2.15. The van der Waals surface area contributed by atoms with Crippen molar-refractivity contribution in [2.45, 2.75) is 30.9 Å². The summed E-state index contributed by atoms with van der Waals surface area (Å²) in [6, 6.07) is 14.8. The Morgan fingerprint density at radius 1 is 1.10 bits per heavy atom. The van der Waals surface area contributed by atoms with Crippen LogP contribution in [0.3, 0.4) is 0 Å². The number of nitrogens with two attached hydrogens (primary N) is 1. The lowest BCUT2D eigenvalue weighted by Gasteiger charge is -2.20. The molecule has 2 atom stereocenters. The highest BCUT2D eigenvalue weighted by atomic mass is 32.2. The second-order valence-electron chi connectivity index (χ2n) is 5.02. The largest absolute Gasteiger partial charge is 0.323 e. The van der Waals surface area contributed by atoms with Crippen LogP contribution < -0.4 is 5.73 Å². The number of benzene rings is 2. The molecular weight excluding hydrogens is 269 g/mol. The van der Waals surface area contributed by atoms with Gasteiger partial charge in [-0.1, -0.05) is 43.3 Å². The molecule has 0 saturated heterocycles. The molecule has 0 aromatic heterocycles. The normalized spacial score (nSPS) is 14.0. The minimum Gasteiger partial charge on any atom is -0.323 e. The van der Waals surface area contributed by atoms with E-state index in [2.05, 4.69) is 38.1 Å². The molecule has 2 aromatic rings. The van der Waals surface area contributed by atoms with E-state index in [1.165, 1.54) is 23.3 Å². The molecule has 0 aliphatic heterocycles. The van der Waals surface area contributed by atoms with Crippen LogP contribution in [0.1, 0.15) is 29.7 Å².